The summed E-state index contributed by atoms with van der Waals surface area (Å²) in [5, 5.41) is 7.60. The third kappa shape index (κ3) is 6.39. The molecule has 1 aliphatic heterocycles. The molecule has 0 aromatic carbocycles. The van der Waals surface area contributed by atoms with Crippen LogP contribution in [0.3, 0.4) is 0 Å². The van der Waals surface area contributed by atoms with Gasteiger partial charge in [0, 0.05) is 50.7 Å². The summed E-state index contributed by atoms with van der Waals surface area (Å²) in [6, 6.07) is 0.223. The zero-order valence-electron chi connectivity index (χ0n) is 20.9. The molecule has 180 valence electrons. The van der Waals surface area contributed by atoms with E-state index in [0.717, 1.165) is 56.4 Å². The van der Waals surface area contributed by atoms with Gasteiger partial charge < -0.3 is 24.4 Å². The number of aromatic nitrogens is 1. The van der Waals surface area contributed by atoms with Crippen molar-refractivity contribution < 1.29 is 14.1 Å². The van der Waals surface area contributed by atoms with Gasteiger partial charge in [0.25, 0.3) is 0 Å². The number of piperidine rings is 1. The van der Waals surface area contributed by atoms with Crippen molar-refractivity contribution in [1.82, 2.24) is 20.3 Å². The van der Waals surface area contributed by atoms with E-state index < -0.39 is 5.60 Å². The highest BCUT2D eigenvalue weighted by Gasteiger charge is 2.35. The van der Waals surface area contributed by atoms with E-state index in [4.69, 9.17) is 9.26 Å². The Labute approximate surface area is 192 Å². The number of nitrogens with one attached hydrogen (secondary N) is 1. The van der Waals surface area contributed by atoms with Gasteiger partial charge in [-0.25, -0.2) is 4.79 Å². The van der Waals surface area contributed by atoms with Gasteiger partial charge in [-0.05, 0) is 66.2 Å². The van der Waals surface area contributed by atoms with E-state index >= 15 is 0 Å². The van der Waals surface area contributed by atoms with E-state index in [1.54, 1.807) is 0 Å². The van der Waals surface area contributed by atoms with Crippen LogP contribution in [0.5, 0.6) is 0 Å². The average molecular weight is 448 g/mol. The van der Waals surface area contributed by atoms with Crippen LogP contribution in [0.1, 0.15) is 76.3 Å². The molecule has 32 heavy (non-hydrogen) atoms. The second-order valence-electron chi connectivity index (χ2n) is 10.4. The van der Waals surface area contributed by atoms with E-state index in [9.17, 15) is 4.79 Å². The molecule has 1 saturated heterocycles. The van der Waals surface area contributed by atoms with Crippen molar-refractivity contribution in [2.75, 3.05) is 33.2 Å². The summed E-state index contributed by atoms with van der Waals surface area (Å²) < 4.78 is 11.0. The van der Waals surface area contributed by atoms with E-state index in [2.05, 4.69) is 27.3 Å². The van der Waals surface area contributed by atoms with Gasteiger partial charge in [0.05, 0.1) is 5.69 Å². The van der Waals surface area contributed by atoms with Gasteiger partial charge in [-0.2, -0.15) is 0 Å². The second kappa shape index (κ2) is 10.1. The van der Waals surface area contributed by atoms with Gasteiger partial charge in [-0.1, -0.05) is 12.1 Å². The first kappa shape index (κ1) is 24.4. The molecule has 1 atom stereocenters. The normalized spacial score (nSPS) is 19.1. The van der Waals surface area contributed by atoms with Gasteiger partial charge in [-0.3, -0.25) is 4.99 Å². The Morgan fingerprint density at radius 2 is 1.94 bits per heavy atom. The van der Waals surface area contributed by atoms with Crippen LogP contribution >= 0.6 is 0 Å². The molecule has 8 nitrogen and oxygen atoms in total. The number of amides is 1. The molecule has 1 N–H and O–H groups in total. The zero-order chi connectivity index (χ0) is 23.5. The number of nitrogens with zero attached hydrogens (tertiary/aromatic N) is 4. The van der Waals surface area contributed by atoms with Crippen molar-refractivity contribution in [2.24, 2.45) is 10.9 Å². The largest absolute Gasteiger partial charge is 0.444 e. The molecule has 1 aromatic rings. The molecule has 8 heteroatoms. The van der Waals surface area contributed by atoms with E-state index in [1.807, 2.05) is 46.6 Å². The maximum Gasteiger partial charge on any atom is 0.410 e. The highest BCUT2D eigenvalue weighted by Crippen LogP contribution is 2.32. The lowest BCUT2D eigenvalue weighted by molar-refractivity contribution is 0.00928. The summed E-state index contributed by atoms with van der Waals surface area (Å²) in [4.78, 5) is 21.7. The van der Waals surface area contributed by atoms with Crippen molar-refractivity contribution in [3.63, 3.8) is 0 Å². The van der Waals surface area contributed by atoms with Crippen molar-refractivity contribution in [1.29, 1.82) is 0 Å². The number of hydrogen-bond acceptors (Lipinski definition) is 5. The van der Waals surface area contributed by atoms with E-state index in [1.165, 1.54) is 18.4 Å². The van der Waals surface area contributed by atoms with Gasteiger partial charge >= 0.3 is 6.09 Å². The Balaban J connectivity index is 1.54. The molecule has 3 rings (SSSR count). The van der Waals surface area contributed by atoms with Gasteiger partial charge in [0.15, 0.2) is 5.96 Å². The SMILES string of the molecule is CN=C(NCC(C)c1c(C)noc1C)N1CCC(N(CC2CC2)C(=O)OC(C)(C)C)CC1. The number of aliphatic imine (C=N–C) groups is 1. The van der Waals surface area contributed by atoms with Crippen molar-refractivity contribution in [3.05, 3.63) is 17.0 Å². The zero-order valence-corrected chi connectivity index (χ0v) is 20.9. The number of rotatable bonds is 6. The number of likely N-dealkylation sites (tertiary alicyclic amines) is 1. The first-order valence-electron chi connectivity index (χ1n) is 12.0. The van der Waals surface area contributed by atoms with Crippen LogP contribution in [0.2, 0.25) is 0 Å². The van der Waals surface area contributed by atoms with Crippen molar-refractivity contribution in [3.8, 4) is 0 Å². The Morgan fingerprint density at radius 1 is 1.28 bits per heavy atom. The van der Waals surface area contributed by atoms with Crippen LogP contribution in [0, 0.1) is 19.8 Å². The highest BCUT2D eigenvalue weighted by molar-refractivity contribution is 5.80. The molecule has 0 spiro atoms. The minimum Gasteiger partial charge on any atom is -0.444 e. The van der Waals surface area contributed by atoms with E-state index in [-0.39, 0.29) is 18.1 Å². The Hall–Kier alpha value is -2.25. The van der Waals surface area contributed by atoms with Gasteiger partial charge in [0.2, 0.25) is 0 Å². The average Bonchev–Trinajstić information content (AvgIpc) is 3.48. The molecule has 1 amide bonds. The number of carbonyl (C=O) groups is 1. The monoisotopic (exact) mass is 447 g/mol. The molecule has 1 aliphatic carbocycles. The molecule has 2 fully saturated rings. The van der Waals surface area contributed by atoms with E-state index in [0.29, 0.717) is 5.92 Å². The standard InChI is InChI=1S/C24H41N5O3/c1-16(21-17(2)27-32-18(21)3)14-26-22(25-7)28-12-10-20(11-13-28)29(15-19-8-9-19)23(30)31-24(4,5)6/h16,19-20H,8-15H2,1-7H3,(H,25,26). The minimum absolute atomic E-state index is 0.168. The molecule has 2 aliphatic rings. The van der Waals surface area contributed by atoms with Gasteiger partial charge in [-0.15, -0.1) is 0 Å². The summed E-state index contributed by atoms with van der Waals surface area (Å²) in [6.45, 7) is 15.2. The fourth-order valence-corrected chi connectivity index (χ4v) is 4.53. The summed E-state index contributed by atoms with van der Waals surface area (Å²) in [5.41, 5.74) is 1.65. The topological polar surface area (TPSA) is 83.2 Å². The molecular weight excluding hydrogens is 406 g/mol. The number of hydrogen-bond donors (Lipinski definition) is 1. The van der Waals surface area contributed by atoms with Crippen LogP contribution in [0.15, 0.2) is 9.52 Å². The maximum atomic E-state index is 12.9. The minimum atomic E-state index is -0.469. The number of aryl methyl sites for hydroxylation is 2. The summed E-state index contributed by atoms with van der Waals surface area (Å²) in [7, 11) is 1.83. The maximum absolute atomic E-state index is 12.9. The molecule has 1 aromatic heterocycles. The Morgan fingerprint density at radius 3 is 2.44 bits per heavy atom. The molecule has 1 saturated carbocycles. The highest BCUT2D eigenvalue weighted by atomic mass is 16.6. The third-order valence-corrected chi connectivity index (χ3v) is 6.34. The number of carbonyl (C=O) groups excluding carboxylic acids is 1. The van der Waals surface area contributed by atoms with Crippen molar-refractivity contribution >= 4 is 12.1 Å². The molecule has 0 bridgehead atoms. The summed E-state index contributed by atoms with van der Waals surface area (Å²) in [5.74, 6) is 2.70. The number of ether oxygens (including phenoxy) is 1. The van der Waals surface area contributed by atoms with Crippen LogP contribution in [0.25, 0.3) is 0 Å². The molecular formula is C24H41N5O3. The second-order valence-corrected chi connectivity index (χ2v) is 10.4. The van der Waals surface area contributed by atoms with Crippen LogP contribution < -0.4 is 5.32 Å². The quantitative estimate of drug-likeness (QED) is 0.523. The fraction of sp³-hybridized carbons (Fsp3) is 0.792. The summed E-state index contributed by atoms with van der Waals surface area (Å²) >= 11 is 0. The Bertz CT molecular complexity index is 782. The first-order valence-corrected chi connectivity index (χ1v) is 12.0. The van der Waals surface area contributed by atoms with Crippen LogP contribution in [0.4, 0.5) is 4.79 Å². The molecule has 1 unspecified atom stereocenters. The van der Waals surface area contributed by atoms with Crippen molar-refractivity contribution in [2.45, 2.75) is 84.8 Å². The van der Waals surface area contributed by atoms with Crippen LogP contribution in [-0.4, -0.2) is 71.9 Å². The molecule has 2 heterocycles. The third-order valence-electron chi connectivity index (χ3n) is 6.34. The Kier molecular flexibility index (Phi) is 7.72. The number of guanidine groups is 1. The first-order chi connectivity index (χ1) is 15.1. The van der Waals surface area contributed by atoms with Gasteiger partial charge in [0.1, 0.15) is 11.4 Å². The fourth-order valence-electron chi connectivity index (χ4n) is 4.53. The smallest absolute Gasteiger partial charge is 0.410 e. The van der Waals surface area contributed by atoms with Crippen LogP contribution in [-0.2, 0) is 4.74 Å². The predicted molar refractivity (Wildman–Crippen MR) is 126 cm³/mol. The predicted octanol–water partition coefficient (Wildman–Crippen LogP) is 4.08. The lowest BCUT2D eigenvalue weighted by atomic mass is 9.99. The lowest BCUT2D eigenvalue weighted by Crippen LogP contribution is -2.52. The molecule has 0 radical (unpaired) electrons. The summed E-state index contributed by atoms with van der Waals surface area (Å²) in [6.07, 6.45) is 4.12. The lowest BCUT2D eigenvalue weighted by Gasteiger charge is -2.40.